The molecule has 4 rings (SSSR count). The number of pyridine rings is 1. The molecule has 156 valence electrons. The summed E-state index contributed by atoms with van der Waals surface area (Å²) in [5.74, 6) is -1.06. The van der Waals surface area contributed by atoms with Gasteiger partial charge in [0.05, 0.1) is 27.9 Å². The summed E-state index contributed by atoms with van der Waals surface area (Å²) in [6, 6.07) is 13.2. The number of esters is 1. The normalized spacial score (nSPS) is 11.5. The number of nitrogens with zero attached hydrogens (tertiary/aromatic N) is 3. The minimum atomic E-state index is -4.68. The predicted octanol–water partition coefficient (Wildman–Crippen LogP) is 5.15. The van der Waals surface area contributed by atoms with Crippen molar-refractivity contribution in [2.24, 2.45) is 0 Å². The molecule has 0 atom stereocenters. The fraction of sp³-hybridized carbons (Fsp3) is 0.0476. The van der Waals surface area contributed by atoms with E-state index in [9.17, 15) is 28.1 Å². The first kappa shape index (κ1) is 20.1. The van der Waals surface area contributed by atoms with Gasteiger partial charge in [0.2, 0.25) is 0 Å². The average Bonchev–Trinajstić information content (AvgIpc) is 3.17. The predicted molar refractivity (Wildman–Crippen MR) is 104 cm³/mol. The lowest BCUT2D eigenvalue weighted by atomic mass is 10.1. The molecule has 0 fully saturated rings. The van der Waals surface area contributed by atoms with Gasteiger partial charge in [0.1, 0.15) is 11.4 Å². The van der Waals surface area contributed by atoms with Crippen molar-refractivity contribution in [1.82, 2.24) is 9.38 Å². The summed E-state index contributed by atoms with van der Waals surface area (Å²) in [7, 11) is 0. The maximum absolute atomic E-state index is 13.1. The van der Waals surface area contributed by atoms with Crippen molar-refractivity contribution in [2.45, 2.75) is 6.18 Å². The highest BCUT2D eigenvalue weighted by Gasteiger charge is 2.35. The summed E-state index contributed by atoms with van der Waals surface area (Å²) >= 11 is 0. The van der Waals surface area contributed by atoms with E-state index in [4.69, 9.17) is 4.74 Å². The molecule has 4 aromatic rings. The number of aromatic nitrogens is 2. The first-order valence-electron chi connectivity index (χ1n) is 8.84. The second kappa shape index (κ2) is 7.56. The van der Waals surface area contributed by atoms with E-state index in [1.807, 2.05) is 0 Å². The van der Waals surface area contributed by atoms with Crippen molar-refractivity contribution in [3.8, 4) is 17.0 Å². The van der Waals surface area contributed by atoms with Crippen LogP contribution >= 0.6 is 0 Å². The van der Waals surface area contributed by atoms with Crippen LogP contribution in [0.15, 0.2) is 73.1 Å². The van der Waals surface area contributed by atoms with E-state index in [2.05, 4.69) is 4.98 Å². The molecule has 0 spiro atoms. The Morgan fingerprint density at radius 3 is 2.39 bits per heavy atom. The molecule has 31 heavy (non-hydrogen) atoms. The van der Waals surface area contributed by atoms with Gasteiger partial charge < -0.3 is 4.74 Å². The number of nitro groups is 1. The van der Waals surface area contributed by atoms with Crippen LogP contribution < -0.4 is 4.74 Å². The molecule has 0 saturated carbocycles. The lowest BCUT2D eigenvalue weighted by molar-refractivity contribution is -0.385. The van der Waals surface area contributed by atoms with Crippen molar-refractivity contribution in [1.29, 1.82) is 0 Å². The van der Waals surface area contributed by atoms with Gasteiger partial charge in [0.15, 0.2) is 0 Å². The molecule has 10 heteroatoms. The van der Waals surface area contributed by atoms with Gasteiger partial charge >= 0.3 is 12.1 Å². The van der Waals surface area contributed by atoms with Crippen LogP contribution in [-0.2, 0) is 6.18 Å². The van der Waals surface area contributed by atoms with Gasteiger partial charge in [0.25, 0.3) is 5.69 Å². The van der Waals surface area contributed by atoms with Crippen molar-refractivity contribution in [3.63, 3.8) is 0 Å². The van der Waals surface area contributed by atoms with Gasteiger partial charge in [-0.25, -0.2) is 9.78 Å². The maximum Gasteiger partial charge on any atom is 0.417 e. The Hall–Kier alpha value is -4.21. The number of benzene rings is 2. The van der Waals surface area contributed by atoms with Crippen LogP contribution in [0.4, 0.5) is 18.9 Å². The highest BCUT2D eigenvalue weighted by molar-refractivity contribution is 5.93. The lowest BCUT2D eigenvalue weighted by Gasteiger charge is -2.12. The molecule has 0 aliphatic rings. The third-order valence-electron chi connectivity index (χ3n) is 4.46. The van der Waals surface area contributed by atoms with Crippen LogP contribution in [0.3, 0.4) is 0 Å². The van der Waals surface area contributed by atoms with Crippen LogP contribution in [0.25, 0.3) is 16.9 Å². The summed E-state index contributed by atoms with van der Waals surface area (Å²) in [5.41, 5.74) is -0.100. The molecule has 0 amide bonds. The van der Waals surface area contributed by atoms with E-state index in [-0.39, 0.29) is 11.4 Å². The molecular formula is C21H12F3N3O4. The van der Waals surface area contributed by atoms with Crippen molar-refractivity contribution in [2.75, 3.05) is 0 Å². The smallest absolute Gasteiger partial charge is 0.417 e. The Morgan fingerprint density at radius 2 is 1.71 bits per heavy atom. The molecule has 0 radical (unpaired) electrons. The SMILES string of the molecule is O=C(Oc1ccc(-c2cn3cc([N+](=O)[O-])ccc3n2)cc1)c1ccccc1C(F)(F)F. The summed E-state index contributed by atoms with van der Waals surface area (Å²) in [6.07, 6.45) is -1.75. The number of rotatable bonds is 4. The van der Waals surface area contributed by atoms with E-state index in [0.717, 1.165) is 12.1 Å². The summed E-state index contributed by atoms with van der Waals surface area (Å²) < 4.78 is 45.9. The van der Waals surface area contributed by atoms with E-state index in [0.29, 0.717) is 16.9 Å². The average molecular weight is 427 g/mol. The zero-order valence-electron chi connectivity index (χ0n) is 15.5. The van der Waals surface area contributed by atoms with Crippen LogP contribution in [0, 0.1) is 10.1 Å². The number of carbonyl (C=O) groups is 1. The topological polar surface area (TPSA) is 86.7 Å². The molecule has 0 bridgehead atoms. The number of imidazole rings is 1. The zero-order valence-corrected chi connectivity index (χ0v) is 15.5. The third kappa shape index (κ3) is 4.08. The zero-order chi connectivity index (χ0) is 22.2. The Kier molecular flexibility index (Phi) is 4.90. The van der Waals surface area contributed by atoms with Gasteiger partial charge in [-0.1, -0.05) is 12.1 Å². The number of alkyl halides is 3. The summed E-state index contributed by atoms with van der Waals surface area (Å²) in [4.78, 5) is 27.0. The molecule has 0 N–H and O–H groups in total. The fourth-order valence-corrected chi connectivity index (χ4v) is 2.99. The largest absolute Gasteiger partial charge is 0.423 e. The quantitative estimate of drug-likeness (QED) is 0.195. The van der Waals surface area contributed by atoms with Crippen LogP contribution in [0.1, 0.15) is 15.9 Å². The molecule has 2 aromatic heterocycles. The second-order valence-electron chi connectivity index (χ2n) is 6.49. The Morgan fingerprint density at radius 1 is 1.00 bits per heavy atom. The summed E-state index contributed by atoms with van der Waals surface area (Å²) in [5, 5.41) is 10.9. The highest BCUT2D eigenvalue weighted by Crippen LogP contribution is 2.32. The monoisotopic (exact) mass is 427 g/mol. The van der Waals surface area contributed by atoms with E-state index < -0.39 is 28.2 Å². The van der Waals surface area contributed by atoms with Crippen LogP contribution in [-0.4, -0.2) is 20.3 Å². The fourth-order valence-electron chi connectivity index (χ4n) is 2.99. The van der Waals surface area contributed by atoms with Crippen molar-refractivity contribution < 1.29 is 27.6 Å². The molecule has 2 heterocycles. The first-order chi connectivity index (χ1) is 14.7. The number of carbonyl (C=O) groups excluding carboxylic acids is 1. The van der Waals surface area contributed by atoms with Gasteiger partial charge in [-0.3, -0.25) is 14.5 Å². The standard InChI is InChI=1S/C21H12F3N3O4/c22-21(23,24)17-4-2-1-3-16(17)20(28)31-15-8-5-13(6-9-15)18-12-26-11-14(27(29)30)7-10-19(26)25-18/h1-12H. The first-order valence-corrected chi connectivity index (χ1v) is 8.84. The molecular weight excluding hydrogens is 415 g/mol. The van der Waals surface area contributed by atoms with Crippen molar-refractivity contribution >= 4 is 17.3 Å². The van der Waals surface area contributed by atoms with E-state index in [1.165, 1.54) is 47.0 Å². The van der Waals surface area contributed by atoms with E-state index in [1.54, 1.807) is 18.3 Å². The van der Waals surface area contributed by atoms with E-state index >= 15 is 0 Å². The van der Waals surface area contributed by atoms with Gasteiger partial charge in [-0.2, -0.15) is 13.2 Å². The highest BCUT2D eigenvalue weighted by atomic mass is 19.4. The Bertz CT molecular complexity index is 1300. The van der Waals surface area contributed by atoms with Crippen LogP contribution in [0.5, 0.6) is 5.75 Å². The van der Waals surface area contributed by atoms with Crippen molar-refractivity contribution in [3.05, 3.63) is 94.3 Å². The minimum Gasteiger partial charge on any atom is -0.423 e. The maximum atomic E-state index is 13.1. The Balaban J connectivity index is 1.56. The van der Waals surface area contributed by atoms with Gasteiger partial charge in [0, 0.05) is 17.8 Å². The molecule has 0 unspecified atom stereocenters. The molecule has 0 aliphatic carbocycles. The second-order valence-corrected chi connectivity index (χ2v) is 6.49. The number of hydrogen-bond acceptors (Lipinski definition) is 5. The Labute approximate surface area is 172 Å². The van der Waals surface area contributed by atoms with Crippen LogP contribution in [0.2, 0.25) is 0 Å². The third-order valence-corrected chi connectivity index (χ3v) is 4.46. The number of ether oxygens (including phenoxy) is 1. The molecule has 0 saturated heterocycles. The molecule has 0 aliphatic heterocycles. The summed E-state index contributed by atoms with van der Waals surface area (Å²) in [6.45, 7) is 0. The molecule has 7 nitrogen and oxygen atoms in total. The number of fused-ring (bicyclic) bond motifs is 1. The van der Waals surface area contributed by atoms with Gasteiger partial charge in [-0.05, 0) is 42.5 Å². The minimum absolute atomic E-state index is 0.0603. The number of hydrogen-bond donors (Lipinski definition) is 0. The lowest BCUT2D eigenvalue weighted by Crippen LogP contribution is -2.16. The molecule has 2 aromatic carbocycles. The van der Waals surface area contributed by atoms with Gasteiger partial charge in [-0.15, -0.1) is 0 Å². The number of halogens is 3.